The molecule has 0 unspecified atom stereocenters. The summed E-state index contributed by atoms with van der Waals surface area (Å²) in [4.78, 5) is 29.0. The lowest BCUT2D eigenvalue weighted by atomic mass is 10.0. The average Bonchev–Trinajstić information content (AvgIpc) is 3.14. The van der Waals surface area contributed by atoms with Crippen LogP contribution in [0, 0.1) is 22.7 Å². The minimum atomic E-state index is -0.420. The molecule has 8 heteroatoms. The van der Waals surface area contributed by atoms with Gasteiger partial charge in [0.15, 0.2) is 0 Å². The van der Waals surface area contributed by atoms with Gasteiger partial charge in [-0.25, -0.2) is 0 Å². The molecular formula is C28H26N4O2S2. The summed E-state index contributed by atoms with van der Waals surface area (Å²) in [5.41, 5.74) is 3.68. The number of anilines is 2. The van der Waals surface area contributed by atoms with E-state index in [0.29, 0.717) is 21.1 Å². The van der Waals surface area contributed by atoms with Crippen LogP contribution in [0.5, 0.6) is 0 Å². The first-order chi connectivity index (χ1) is 17.6. The zero-order chi connectivity index (χ0) is 25.1. The molecule has 0 saturated carbocycles. The largest absolute Gasteiger partial charge is 0.312 e. The lowest BCUT2D eigenvalue weighted by Crippen LogP contribution is -2.20. The Morgan fingerprint density at radius 3 is 1.50 bits per heavy atom. The number of amides is 2. The first-order valence-corrected chi connectivity index (χ1v) is 14.0. The molecule has 2 amide bonds. The number of rotatable bonds is 4. The van der Waals surface area contributed by atoms with Crippen LogP contribution in [0.1, 0.15) is 91.2 Å². The second kappa shape index (κ2) is 10.7. The number of fused-ring (bicyclic) bond motifs is 2. The zero-order valence-electron chi connectivity index (χ0n) is 19.9. The first kappa shape index (κ1) is 24.2. The van der Waals surface area contributed by atoms with Crippen LogP contribution in [0.25, 0.3) is 0 Å². The number of thiophene rings is 2. The van der Waals surface area contributed by atoms with E-state index in [0.717, 1.165) is 75.3 Å². The Morgan fingerprint density at radius 2 is 1.08 bits per heavy atom. The second-order valence-electron chi connectivity index (χ2n) is 9.21. The summed E-state index contributed by atoms with van der Waals surface area (Å²) < 4.78 is 0. The highest BCUT2D eigenvalue weighted by molar-refractivity contribution is 7.17. The van der Waals surface area contributed by atoms with Gasteiger partial charge in [-0.1, -0.05) is 25.0 Å². The Kier molecular flexibility index (Phi) is 7.18. The van der Waals surface area contributed by atoms with Crippen molar-refractivity contribution < 1.29 is 9.59 Å². The fourth-order valence-corrected chi connectivity index (χ4v) is 7.59. The highest BCUT2D eigenvalue weighted by Crippen LogP contribution is 2.38. The molecule has 0 saturated heterocycles. The van der Waals surface area contributed by atoms with E-state index >= 15 is 0 Å². The van der Waals surface area contributed by atoms with E-state index in [1.807, 2.05) is 0 Å². The van der Waals surface area contributed by atoms with Crippen LogP contribution in [0.3, 0.4) is 0 Å². The summed E-state index contributed by atoms with van der Waals surface area (Å²) in [5, 5.41) is 26.5. The van der Waals surface area contributed by atoms with Gasteiger partial charge in [-0.15, -0.1) is 22.7 Å². The van der Waals surface area contributed by atoms with Crippen LogP contribution in [0.15, 0.2) is 24.3 Å². The third-order valence-electron chi connectivity index (χ3n) is 6.94. The van der Waals surface area contributed by atoms with Crippen molar-refractivity contribution >= 4 is 44.5 Å². The van der Waals surface area contributed by atoms with Crippen LogP contribution in [0.2, 0.25) is 0 Å². The number of aryl methyl sites for hydroxylation is 2. The summed E-state index contributed by atoms with van der Waals surface area (Å²) in [6.07, 6.45) is 10.1. The maximum Gasteiger partial charge on any atom is 0.257 e. The molecule has 0 bridgehead atoms. The molecule has 6 nitrogen and oxygen atoms in total. The average molecular weight is 515 g/mol. The van der Waals surface area contributed by atoms with E-state index < -0.39 is 11.8 Å². The van der Waals surface area contributed by atoms with Crippen molar-refractivity contribution in [3.05, 3.63) is 67.4 Å². The van der Waals surface area contributed by atoms with E-state index in [4.69, 9.17) is 0 Å². The Labute approximate surface area is 218 Å². The molecule has 0 radical (unpaired) electrons. The third kappa shape index (κ3) is 4.67. The maximum atomic E-state index is 13.3. The minimum absolute atomic E-state index is 0.235. The number of nitrogens with zero attached hydrogens (tertiary/aromatic N) is 2. The van der Waals surface area contributed by atoms with Crippen molar-refractivity contribution in [2.75, 3.05) is 10.6 Å². The fourth-order valence-electron chi connectivity index (χ4n) is 5.12. The number of nitriles is 2. The molecule has 1 aromatic carbocycles. The van der Waals surface area contributed by atoms with E-state index in [1.165, 1.54) is 32.4 Å². The number of carbonyl (C=O) groups excluding carboxylic acids is 2. The minimum Gasteiger partial charge on any atom is -0.312 e. The van der Waals surface area contributed by atoms with Gasteiger partial charge >= 0.3 is 0 Å². The van der Waals surface area contributed by atoms with Gasteiger partial charge in [0.25, 0.3) is 11.8 Å². The van der Waals surface area contributed by atoms with Gasteiger partial charge in [0.2, 0.25) is 0 Å². The predicted octanol–water partition coefficient (Wildman–Crippen LogP) is 6.60. The number of benzene rings is 1. The molecule has 36 heavy (non-hydrogen) atoms. The van der Waals surface area contributed by atoms with Gasteiger partial charge < -0.3 is 10.6 Å². The SMILES string of the molecule is N#Cc1c(NC(=O)c2ccccc2C(=O)Nc2sc3c(c2C#N)CCCCC3)sc2c1CCCCC2. The number of carbonyl (C=O) groups is 2. The van der Waals surface area contributed by atoms with E-state index in [1.54, 1.807) is 24.3 Å². The van der Waals surface area contributed by atoms with Crippen LogP contribution < -0.4 is 10.6 Å². The smallest absolute Gasteiger partial charge is 0.257 e. The molecule has 0 aliphatic heterocycles. The molecule has 3 aromatic rings. The summed E-state index contributed by atoms with van der Waals surface area (Å²) in [6, 6.07) is 11.2. The Balaban J connectivity index is 1.40. The van der Waals surface area contributed by atoms with Gasteiger partial charge in [-0.2, -0.15) is 10.5 Å². The first-order valence-electron chi connectivity index (χ1n) is 12.4. The Bertz CT molecular complexity index is 1310. The van der Waals surface area contributed by atoms with Crippen LogP contribution in [-0.4, -0.2) is 11.8 Å². The van der Waals surface area contributed by atoms with Crippen LogP contribution >= 0.6 is 22.7 Å². The zero-order valence-corrected chi connectivity index (χ0v) is 21.5. The third-order valence-corrected chi connectivity index (χ3v) is 9.35. The van der Waals surface area contributed by atoms with Gasteiger partial charge in [-0.05, 0) is 74.6 Å². The van der Waals surface area contributed by atoms with Crippen molar-refractivity contribution in [1.29, 1.82) is 10.5 Å². The molecular weight excluding hydrogens is 488 g/mol. The van der Waals surface area contributed by atoms with Crippen LogP contribution in [0.4, 0.5) is 10.0 Å². The maximum absolute atomic E-state index is 13.3. The summed E-state index contributed by atoms with van der Waals surface area (Å²) in [7, 11) is 0. The lowest BCUT2D eigenvalue weighted by molar-refractivity contribution is 0.0991. The number of hydrogen-bond donors (Lipinski definition) is 2. The molecule has 0 atom stereocenters. The second-order valence-corrected chi connectivity index (χ2v) is 11.4. The molecule has 2 aliphatic rings. The van der Waals surface area contributed by atoms with Crippen molar-refractivity contribution in [2.24, 2.45) is 0 Å². The topological polar surface area (TPSA) is 106 Å². The van der Waals surface area contributed by atoms with Gasteiger partial charge in [0.05, 0.1) is 22.3 Å². The van der Waals surface area contributed by atoms with Crippen LogP contribution in [-0.2, 0) is 25.7 Å². The highest BCUT2D eigenvalue weighted by atomic mass is 32.1. The van der Waals surface area contributed by atoms with Gasteiger partial charge in [0, 0.05) is 9.75 Å². The highest BCUT2D eigenvalue weighted by Gasteiger charge is 2.25. The molecule has 2 heterocycles. The molecule has 2 aliphatic carbocycles. The normalized spacial score (nSPS) is 14.8. The van der Waals surface area contributed by atoms with E-state index in [-0.39, 0.29) is 11.1 Å². The Hall–Kier alpha value is -3.46. The molecule has 0 spiro atoms. The molecule has 2 aromatic heterocycles. The number of nitrogens with one attached hydrogen (secondary N) is 2. The summed E-state index contributed by atoms with van der Waals surface area (Å²) >= 11 is 2.94. The standard InChI is InChI=1S/C28H26N4O2S2/c29-15-21-17-9-3-1-5-13-23(17)35-27(21)31-25(33)19-11-7-8-12-20(19)26(34)32-28-22(16-30)18-10-4-2-6-14-24(18)36-28/h7-8,11-12H,1-6,9-10,13-14H2,(H,31,33)(H,32,34). The summed E-state index contributed by atoms with van der Waals surface area (Å²) in [5.74, 6) is -0.841. The monoisotopic (exact) mass is 514 g/mol. The molecule has 5 rings (SSSR count). The van der Waals surface area contributed by atoms with Crippen molar-refractivity contribution in [3.63, 3.8) is 0 Å². The summed E-state index contributed by atoms with van der Waals surface area (Å²) in [6.45, 7) is 0. The van der Waals surface area contributed by atoms with Gasteiger partial charge in [0.1, 0.15) is 22.1 Å². The van der Waals surface area contributed by atoms with Crippen molar-refractivity contribution in [3.8, 4) is 12.1 Å². The predicted molar refractivity (Wildman–Crippen MR) is 143 cm³/mol. The Morgan fingerprint density at radius 1 is 0.667 bits per heavy atom. The lowest BCUT2D eigenvalue weighted by Gasteiger charge is -2.10. The fraction of sp³-hybridized carbons (Fsp3) is 0.357. The van der Waals surface area contributed by atoms with Crippen molar-refractivity contribution in [1.82, 2.24) is 0 Å². The van der Waals surface area contributed by atoms with Crippen molar-refractivity contribution in [2.45, 2.75) is 64.2 Å². The van der Waals surface area contributed by atoms with E-state index in [9.17, 15) is 20.1 Å². The molecule has 182 valence electrons. The number of hydrogen-bond acceptors (Lipinski definition) is 6. The molecule has 0 fully saturated rings. The van der Waals surface area contributed by atoms with Gasteiger partial charge in [-0.3, -0.25) is 9.59 Å². The quantitative estimate of drug-likeness (QED) is 0.383. The van der Waals surface area contributed by atoms with E-state index in [2.05, 4.69) is 22.8 Å². The molecule has 2 N–H and O–H groups in total.